The van der Waals surface area contributed by atoms with Crippen LogP contribution in [-0.2, 0) is 10.9 Å². The molecule has 0 aliphatic heterocycles. The van der Waals surface area contributed by atoms with Crippen molar-refractivity contribution < 1.29 is 4.79 Å². The van der Waals surface area contributed by atoms with Gasteiger partial charge in [0.15, 0.2) is 15.6 Å². The molecule has 2 heteroatoms. The van der Waals surface area contributed by atoms with Crippen LogP contribution in [0, 0.1) is 0 Å². The number of ketones is 1. The predicted molar refractivity (Wildman–Crippen MR) is 92.6 cm³/mol. The maximum atomic E-state index is 12.8. The van der Waals surface area contributed by atoms with Crippen molar-refractivity contribution >= 4 is 16.7 Å². The van der Waals surface area contributed by atoms with Gasteiger partial charge in [0.2, 0.25) is 0 Å². The average Bonchev–Trinajstić information content (AvgIpc) is 2.62. The second-order valence-electron chi connectivity index (χ2n) is 5.01. The van der Waals surface area contributed by atoms with Crippen molar-refractivity contribution in [3.05, 3.63) is 96.1 Å². The smallest absolute Gasteiger partial charge is 0.198 e. The van der Waals surface area contributed by atoms with Crippen molar-refractivity contribution in [3.8, 4) is 0 Å². The lowest BCUT2D eigenvalue weighted by atomic mass is 10.0. The average molecular weight is 305 g/mol. The highest BCUT2D eigenvalue weighted by atomic mass is 32.2. The first-order valence-electron chi connectivity index (χ1n) is 7.17. The highest BCUT2D eigenvalue weighted by Gasteiger charge is 2.26. The number of hydrogen-bond acceptors (Lipinski definition) is 1. The van der Waals surface area contributed by atoms with Gasteiger partial charge < -0.3 is 0 Å². The van der Waals surface area contributed by atoms with Crippen molar-refractivity contribution in [2.75, 3.05) is 6.26 Å². The standard InChI is InChI=1S/C20H17OS/c1-22(17-12-6-3-7-13-17)19-15-9-8-14-18(19)20(21)16-10-4-2-5-11-16/h2-15H,1H3/q+1. The molecule has 22 heavy (non-hydrogen) atoms. The van der Waals surface area contributed by atoms with Crippen molar-refractivity contribution in [1.82, 2.24) is 0 Å². The van der Waals surface area contributed by atoms with Crippen LogP contribution in [0.15, 0.2) is 94.7 Å². The molecule has 0 bridgehead atoms. The molecular formula is C20H17OS+. The molecule has 0 radical (unpaired) electrons. The number of benzene rings is 3. The topological polar surface area (TPSA) is 17.1 Å². The lowest BCUT2D eigenvalue weighted by molar-refractivity contribution is 0.103. The molecular weight excluding hydrogens is 288 g/mol. The number of rotatable bonds is 4. The largest absolute Gasteiger partial charge is 0.288 e. The Balaban J connectivity index is 2.02. The summed E-state index contributed by atoms with van der Waals surface area (Å²) in [6.45, 7) is 0. The Bertz CT molecular complexity index is 766. The SMILES string of the molecule is C[S+](c1ccccc1)c1ccccc1C(=O)c1ccccc1. The summed E-state index contributed by atoms with van der Waals surface area (Å²) < 4.78 is 0. The second-order valence-corrected chi connectivity index (χ2v) is 6.95. The van der Waals surface area contributed by atoms with Crippen LogP contribution in [0.2, 0.25) is 0 Å². The van der Waals surface area contributed by atoms with Gasteiger partial charge in [-0.25, -0.2) is 0 Å². The molecule has 1 unspecified atom stereocenters. The molecule has 0 heterocycles. The molecule has 0 N–H and O–H groups in total. The molecule has 0 saturated carbocycles. The minimum Gasteiger partial charge on any atom is -0.288 e. The maximum Gasteiger partial charge on any atom is 0.198 e. The summed E-state index contributed by atoms with van der Waals surface area (Å²) in [7, 11) is -0.124. The predicted octanol–water partition coefficient (Wildman–Crippen LogP) is 4.58. The Labute approximate surface area is 134 Å². The summed E-state index contributed by atoms with van der Waals surface area (Å²) >= 11 is 0. The van der Waals surface area contributed by atoms with Gasteiger partial charge in [-0.05, 0) is 24.3 Å². The van der Waals surface area contributed by atoms with Crippen LogP contribution in [0.5, 0.6) is 0 Å². The molecule has 108 valence electrons. The van der Waals surface area contributed by atoms with Gasteiger partial charge >= 0.3 is 0 Å². The molecule has 0 fully saturated rings. The fourth-order valence-corrected chi connectivity index (χ4v) is 4.01. The van der Waals surface area contributed by atoms with E-state index in [2.05, 4.69) is 24.5 Å². The van der Waals surface area contributed by atoms with E-state index in [0.717, 1.165) is 16.0 Å². The van der Waals surface area contributed by atoms with Crippen LogP contribution in [0.25, 0.3) is 0 Å². The molecule has 0 saturated heterocycles. The number of carbonyl (C=O) groups excluding carboxylic acids is 1. The van der Waals surface area contributed by atoms with Gasteiger partial charge in [-0.15, -0.1) is 0 Å². The minimum atomic E-state index is -0.124. The van der Waals surface area contributed by atoms with Crippen molar-refractivity contribution in [1.29, 1.82) is 0 Å². The summed E-state index contributed by atoms with van der Waals surface area (Å²) in [5, 5.41) is 0. The zero-order valence-corrected chi connectivity index (χ0v) is 13.2. The molecule has 0 spiro atoms. The first-order chi connectivity index (χ1) is 10.8. The van der Waals surface area contributed by atoms with E-state index in [4.69, 9.17) is 0 Å². The van der Waals surface area contributed by atoms with Gasteiger partial charge in [0.25, 0.3) is 0 Å². The van der Waals surface area contributed by atoms with Gasteiger partial charge in [-0.3, -0.25) is 4.79 Å². The Morgan fingerprint density at radius 1 is 0.727 bits per heavy atom. The van der Waals surface area contributed by atoms with Gasteiger partial charge in [0.05, 0.1) is 16.5 Å². The van der Waals surface area contributed by atoms with Crippen molar-refractivity contribution in [3.63, 3.8) is 0 Å². The van der Waals surface area contributed by atoms with E-state index >= 15 is 0 Å². The number of hydrogen-bond donors (Lipinski definition) is 0. The fourth-order valence-electron chi connectivity index (χ4n) is 2.42. The highest BCUT2D eigenvalue weighted by molar-refractivity contribution is 7.96. The van der Waals surface area contributed by atoms with E-state index in [-0.39, 0.29) is 16.7 Å². The third-order valence-electron chi connectivity index (χ3n) is 3.59. The normalized spacial score (nSPS) is 11.9. The lowest BCUT2D eigenvalue weighted by Gasteiger charge is -2.08. The molecule has 3 rings (SSSR count). The molecule has 3 aromatic carbocycles. The van der Waals surface area contributed by atoms with E-state index in [1.54, 1.807) is 0 Å². The Hall–Kier alpha value is -2.32. The van der Waals surface area contributed by atoms with Crippen molar-refractivity contribution in [2.24, 2.45) is 0 Å². The molecule has 1 atom stereocenters. The minimum absolute atomic E-state index is 0.0893. The van der Waals surface area contributed by atoms with Crippen LogP contribution in [0.1, 0.15) is 15.9 Å². The monoisotopic (exact) mass is 305 g/mol. The van der Waals surface area contributed by atoms with E-state index in [9.17, 15) is 4.79 Å². The van der Waals surface area contributed by atoms with Gasteiger partial charge in [0.1, 0.15) is 6.26 Å². The second kappa shape index (κ2) is 6.63. The van der Waals surface area contributed by atoms with E-state index in [1.807, 2.05) is 66.7 Å². The molecule has 0 amide bonds. The quantitative estimate of drug-likeness (QED) is 0.509. The zero-order chi connectivity index (χ0) is 15.4. The van der Waals surface area contributed by atoms with Crippen LogP contribution >= 0.6 is 0 Å². The van der Waals surface area contributed by atoms with Crippen molar-refractivity contribution in [2.45, 2.75) is 9.79 Å². The summed E-state index contributed by atoms with van der Waals surface area (Å²) in [5.74, 6) is 0.0893. The molecule has 1 nitrogen and oxygen atoms in total. The Kier molecular flexibility index (Phi) is 4.40. The molecule has 0 aromatic heterocycles. The third-order valence-corrected chi connectivity index (χ3v) is 5.59. The maximum absolute atomic E-state index is 12.8. The number of carbonyl (C=O) groups is 1. The van der Waals surface area contributed by atoms with E-state index in [0.29, 0.717) is 0 Å². The van der Waals surface area contributed by atoms with Gasteiger partial charge in [-0.2, -0.15) is 0 Å². The summed E-state index contributed by atoms with van der Waals surface area (Å²) in [4.78, 5) is 15.2. The first-order valence-corrected chi connectivity index (χ1v) is 8.80. The highest BCUT2D eigenvalue weighted by Crippen LogP contribution is 2.26. The third kappa shape index (κ3) is 2.97. The Morgan fingerprint density at radius 2 is 1.27 bits per heavy atom. The molecule has 0 aliphatic rings. The van der Waals surface area contributed by atoms with E-state index < -0.39 is 0 Å². The van der Waals surface area contributed by atoms with E-state index in [1.165, 1.54) is 4.90 Å². The zero-order valence-electron chi connectivity index (χ0n) is 12.4. The fraction of sp³-hybridized carbons (Fsp3) is 0.0500. The van der Waals surface area contributed by atoms with Gasteiger partial charge in [-0.1, -0.05) is 60.7 Å². The van der Waals surface area contributed by atoms with Crippen LogP contribution in [0.4, 0.5) is 0 Å². The van der Waals surface area contributed by atoms with Crippen LogP contribution in [-0.4, -0.2) is 12.0 Å². The van der Waals surface area contributed by atoms with Gasteiger partial charge in [0, 0.05) is 5.56 Å². The van der Waals surface area contributed by atoms with Crippen LogP contribution < -0.4 is 0 Å². The summed E-state index contributed by atoms with van der Waals surface area (Å²) in [6, 6.07) is 27.7. The lowest BCUT2D eigenvalue weighted by Crippen LogP contribution is -2.10. The molecule has 0 aliphatic carbocycles. The molecule has 3 aromatic rings. The Morgan fingerprint density at radius 3 is 1.95 bits per heavy atom. The van der Waals surface area contributed by atoms with Crippen LogP contribution in [0.3, 0.4) is 0 Å². The summed E-state index contributed by atoms with van der Waals surface area (Å²) in [5.41, 5.74) is 1.53. The first kappa shape index (κ1) is 14.6. The summed E-state index contributed by atoms with van der Waals surface area (Å²) in [6.07, 6.45) is 2.17.